The molecule has 2 atom stereocenters. The van der Waals surface area contributed by atoms with Crippen molar-refractivity contribution < 1.29 is 35.8 Å². The number of sulfonamides is 2. The number of aryl methyl sites for hydroxylation is 1. The molecule has 10 nitrogen and oxygen atoms in total. The molecule has 0 amide bonds. The number of hydrogen-bond donors (Lipinski definition) is 3. The van der Waals surface area contributed by atoms with Gasteiger partial charge >= 0.3 is 0 Å². The van der Waals surface area contributed by atoms with Gasteiger partial charge in [-0.05, 0) is 63.1 Å². The molecule has 4 rings (SSSR count). The maximum atomic E-state index is 14.3. The molecule has 13 heteroatoms. The summed E-state index contributed by atoms with van der Waals surface area (Å²) < 4.78 is 79.4. The molecule has 2 aliphatic rings. The Morgan fingerprint density at radius 2 is 1.92 bits per heavy atom. The van der Waals surface area contributed by atoms with Crippen LogP contribution < -0.4 is 14.8 Å². The fourth-order valence-electron chi connectivity index (χ4n) is 4.81. The Morgan fingerprint density at radius 1 is 1.18 bits per heavy atom. The Bertz CT molecular complexity index is 1350. The van der Waals surface area contributed by atoms with Crippen LogP contribution in [0.3, 0.4) is 0 Å². The average Bonchev–Trinajstić information content (AvgIpc) is 3.30. The van der Waals surface area contributed by atoms with Crippen molar-refractivity contribution >= 4 is 20.0 Å². The van der Waals surface area contributed by atoms with E-state index >= 15 is 0 Å². The van der Waals surface area contributed by atoms with Crippen molar-refractivity contribution in [1.29, 1.82) is 0 Å². The summed E-state index contributed by atoms with van der Waals surface area (Å²) >= 11 is 0. The second kappa shape index (κ2) is 11.5. The van der Waals surface area contributed by atoms with Crippen molar-refractivity contribution in [3.63, 3.8) is 0 Å². The van der Waals surface area contributed by atoms with Gasteiger partial charge in [-0.25, -0.2) is 25.9 Å². The lowest BCUT2D eigenvalue weighted by Gasteiger charge is -2.38. The summed E-state index contributed by atoms with van der Waals surface area (Å²) in [6.45, 7) is 2.84. The molecule has 0 radical (unpaired) electrons. The maximum absolute atomic E-state index is 14.3. The van der Waals surface area contributed by atoms with Crippen molar-refractivity contribution in [3.05, 3.63) is 53.8 Å². The summed E-state index contributed by atoms with van der Waals surface area (Å²) in [5, 5.41) is 13.6. The van der Waals surface area contributed by atoms with Crippen LogP contribution in [0.4, 0.5) is 4.39 Å². The molecule has 2 heterocycles. The molecule has 0 bridgehead atoms. The fraction of sp³-hybridized carbons (Fsp3) is 0.520. The second-order valence-corrected chi connectivity index (χ2v) is 13.6. The van der Waals surface area contributed by atoms with Crippen molar-refractivity contribution in [2.24, 2.45) is 0 Å². The van der Waals surface area contributed by atoms with E-state index in [-0.39, 0.29) is 42.1 Å². The Morgan fingerprint density at radius 3 is 2.63 bits per heavy atom. The number of nitrogens with one attached hydrogen (secondary N) is 2. The van der Waals surface area contributed by atoms with Crippen LogP contribution in [-0.2, 0) is 24.8 Å². The van der Waals surface area contributed by atoms with Gasteiger partial charge in [-0.15, -0.1) is 0 Å². The highest BCUT2D eigenvalue weighted by Gasteiger charge is 2.45. The van der Waals surface area contributed by atoms with E-state index in [1.165, 1.54) is 41.7 Å². The van der Waals surface area contributed by atoms with Crippen LogP contribution >= 0.6 is 0 Å². The molecule has 38 heavy (non-hydrogen) atoms. The molecule has 2 saturated heterocycles. The van der Waals surface area contributed by atoms with Crippen molar-refractivity contribution in [2.75, 3.05) is 39.9 Å². The molecule has 2 aliphatic heterocycles. The summed E-state index contributed by atoms with van der Waals surface area (Å²) in [6, 6.07) is 10.1. The molecule has 0 saturated carbocycles. The van der Waals surface area contributed by atoms with Crippen LogP contribution in [0.15, 0.2) is 52.3 Å². The van der Waals surface area contributed by atoms with E-state index in [9.17, 15) is 26.3 Å². The fourth-order valence-corrected chi connectivity index (χ4v) is 7.16. The number of aliphatic hydroxyl groups is 1. The normalized spacial score (nSPS) is 21.0. The summed E-state index contributed by atoms with van der Waals surface area (Å²) in [7, 11) is -6.20. The lowest BCUT2D eigenvalue weighted by molar-refractivity contribution is -0.0312. The van der Waals surface area contributed by atoms with Gasteiger partial charge in [0, 0.05) is 31.7 Å². The van der Waals surface area contributed by atoms with E-state index in [0.717, 1.165) is 0 Å². The molecule has 0 unspecified atom stereocenters. The molecule has 1 spiro atoms. The monoisotopic (exact) mass is 571 g/mol. The highest BCUT2D eigenvalue weighted by Crippen LogP contribution is 2.37. The first kappa shape index (κ1) is 28.9. The zero-order chi connectivity index (χ0) is 27.6. The van der Waals surface area contributed by atoms with E-state index < -0.39 is 37.6 Å². The van der Waals surface area contributed by atoms with Gasteiger partial charge in [0.25, 0.3) is 0 Å². The first-order valence-electron chi connectivity index (χ1n) is 12.4. The number of hydrogen-bond acceptors (Lipinski definition) is 8. The van der Waals surface area contributed by atoms with Gasteiger partial charge in [0.15, 0.2) is 0 Å². The van der Waals surface area contributed by atoms with Crippen LogP contribution in [0, 0.1) is 12.7 Å². The van der Waals surface area contributed by atoms with Gasteiger partial charge in [-0.2, -0.15) is 4.31 Å². The Kier molecular flexibility index (Phi) is 8.77. The van der Waals surface area contributed by atoms with E-state index in [2.05, 4.69) is 10.0 Å². The SMILES string of the molecule is CNS(=O)(=O)c1cccc(OC[C@@H](O)CN[C@H]2COC3(CCN(S(=O)(=O)c4cc(C)ccc4F)CC3)C2)c1. The highest BCUT2D eigenvalue weighted by molar-refractivity contribution is 7.89. The summed E-state index contributed by atoms with van der Waals surface area (Å²) in [4.78, 5) is -0.228. The van der Waals surface area contributed by atoms with Crippen molar-refractivity contribution in [2.45, 2.75) is 53.7 Å². The smallest absolute Gasteiger partial charge is 0.245 e. The van der Waals surface area contributed by atoms with Gasteiger partial charge < -0.3 is 19.9 Å². The second-order valence-electron chi connectivity index (χ2n) is 9.79. The Labute approximate surface area is 223 Å². The molecular weight excluding hydrogens is 537 g/mol. The minimum absolute atomic E-state index is 0.0221. The number of benzene rings is 2. The average molecular weight is 572 g/mol. The van der Waals surface area contributed by atoms with Gasteiger partial charge in [0.2, 0.25) is 20.0 Å². The number of ether oxygens (including phenoxy) is 2. The standard InChI is InChI=1S/C25H34FN3O7S2/c1-18-6-7-23(26)24(12-18)38(33,34)29-10-8-25(9-11-29)14-19(16-36-25)28-15-20(30)17-35-21-4-3-5-22(13-21)37(31,32)27-2/h3-7,12-13,19-20,27-28,30H,8-11,14-17H2,1-2H3/t19-,20+/m1/s1. The molecule has 0 aromatic heterocycles. The quantitative estimate of drug-likeness (QED) is 0.390. The first-order chi connectivity index (χ1) is 17.9. The lowest BCUT2D eigenvalue weighted by Crippen LogP contribution is -2.47. The summed E-state index contributed by atoms with van der Waals surface area (Å²) in [5.74, 6) is -0.425. The lowest BCUT2D eigenvalue weighted by atomic mass is 9.88. The number of aliphatic hydroxyl groups excluding tert-OH is 1. The van der Waals surface area contributed by atoms with Crippen molar-refractivity contribution in [1.82, 2.24) is 14.3 Å². The Balaban J connectivity index is 1.24. The molecule has 0 aliphatic carbocycles. The molecular formula is C25H34FN3O7S2. The first-order valence-corrected chi connectivity index (χ1v) is 15.3. The number of nitrogens with zero attached hydrogens (tertiary/aromatic N) is 1. The minimum atomic E-state index is -3.93. The van der Waals surface area contributed by atoms with Crippen LogP contribution in [0.1, 0.15) is 24.8 Å². The molecule has 3 N–H and O–H groups in total. The Hall–Kier alpha value is -2.13. The molecule has 2 aromatic rings. The van der Waals surface area contributed by atoms with Gasteiger partial charge in [-0.3, -0.25) is 0 Å². The number of piperidine rings is 1. The van der Waals surface area contributed by atoms with Crippen LogP contribution in [0.25, 0.3) is 0 Å². The molecule has 2 fully saturated rings. The van der Waals surface area contributed by atoms with Crippen LogP contribution in [0.2, 0.25) is 0 Å². The minimum Gasteiger partial charge on any atom is -0.491 e. The maximum Gasteiger partial charge on any atom is 0.245 e. The van der Waals surface area contributed by atoms with E-state index in [1.807, 2.05) is 0 Å². The number of rotatable bonds is 10. The third-order valence-electron chi connectivity index (χ3n) is 7.02. The number of halogens is 1. The highest BCUT2D eigenvalue weighted by atomic mass is 32.2. The van der Waals surface area contributed by atoms with E-state index in [0.29, 0.717) is 37.2 Å². The summed E-state index contributed by atoms with van der Waals surface area (Å²) in [5.41, 5.74) is 0.213. The molecule has 2 aromatic carbocycles. The predicted octanol–water partition coefficient (Wildman–Crippen LogP) is 1.38. The zero-order valence-corrected chi connectivity index (χ0v) is 23.0. The van der Waals surface area contributed by atoms with Gasteiger partial charge in [-0.1, -0.05) is 12.1 Å². The van der Waals surface area contributed by atoms with E-state index in [4.69, 9.17) is 9.47 Å². The van der Waals surface area contributed by atoms with Gasteiger partial charge in [0.05, 0.1) is 17.1 Å². The zero-order valence-electron chi connectivity index (χ0n) is 21.4. The predicted molar refractivity (Wildman–Crippen MR) is 138 cm³/mol. The van der Waals surface area contributed by atoms with Crippen LogP contribution in [0.5, 0.6) is 5.75 Å². The third kappa shape index (κ3) is 6.53. The largest absolute Gasteiger partial charge is 0.491 e. The van der Waals surface area contributed by atoms with Crippen molar-refractivity contribution in [3.8, 4) is 5.75 Å². The van der Waals surface area contributed by atoms with Gasteiger partial charge in [0.1, 0.15) is 29.2 Å². The summed E-state index contributed by atoms with van der Waals surface area (Å²) in [6.07, 6.45) is 0.814. The van der Waals surface area contributed by atoms with E-state index in [1.54, 1.807) is 19.1 Å². The topological polar surface area (TPSA) is 134 Å². The molecule has 210 valence electrons. The third-order valence-corrected chi connectivity index (χ3v) is 10.3. The van der Waals surface area contributed by atoms with Crippen LogP contribution in [-0.4, -0.2) is 83.9 Å².